The lowest BCUT2D eigenvalue weighted by Gasteiger charge is -2.34. The molecule has 0 bridgehead atoms. The number of hydrogen-bond donors (Lipinski definition) is 3. The molecule has 9 nitrogen and oxygen atoms in total. The molecule has 0 radical (unpaired) electrons. The molecule has 1 aliphatic heterocycles. The predicted octanol–water partition coefficient (Wildman–Crippen LogP) is 1.24. The van der Waals surface area contributed by atoms with Gasteiger partial charge in [0.25, 0.3) is 5.91 Å². The van der Waals surface area contributed by atoms with Crippen LogP contribution in [-0.4, -0.2) is 73.7 Å². The van der Waals surface area contributed by atoms with Gasteiger partial charge in [0.05, 0.1) is 23.9 Å². The Kier molecular flexibility index (Phi) is 8.80. The molecule has 1 fully saturated rings. The monoisotopic (exact) mass is 472 g/mol. The highest BCUT2D eigenvalue weighted by Gasteiger charge is 2.43. The Morgan fingerprint density at radius 2 is 1.65 bits per heavy atom. The van der Waals surface area contributed by atoms with E-state index in [0.29, 0.717) is 37.8 Å². The summed E-state index contributed by atoms with van der Waals surface area (Å²) in [6, 6.07) is 14.7. The van der Waals surface area contributed by atoms with E-state index in [-0.39, 0.29) is 23.8 Å². The maximum absolute atomic E-state index is 12.9. The van der Waals surface area contributed by atoms with Crippen LogP contribution in [0.3, 0.4) is 0 Å². The molecule has 3 N–H and O–H groups in total. The number of nitrogens with zero attached hydrogens (tertiary/aromatic N) is 1. The van der Waals surface area contributed by atoms with Gasteiger partial charge in [0.15, 0.2) is 15.4 Å². The molecule has 11 heteroatoms. The van der Waals surface area contributed by atoms with Crippen LogP contribution in [0, 0.1) is 0 Å². The number of benzene rings is 2. The van der Waals surface area contributed by atoms with Gasteiger partial charge >= 0.3 is 0 Å². The van der Waals surface area contributed by atoms with Gasteiger partial charge < -0.3 is 14.6 Å². The number of morpholine rings is 1. The fraction of sp³-hybridized carbons (Fsp3) is 0.350. The molecule has 0 spiro atoms. The van der Waals surface area contributed by atoms with Crippen molar-refractivity contribution in [2.24, 2.45) is 0 Å². The van der Waals surface area contributed by atoms with Gasteiger partial charge in [-0.2, -0.15) is 0 Å². The molecule has 1 saturated heterocycles. The quantitative estimate of drug-likeness (QED) is 0.387. The van der Waals surface area contributed by atoms with E-state index in [1.807, 2.05) is 18.2 Å². The third-order valence-electron chi connectivity index (χ3n) is 4.70. The van der Waals surface area contributed by atoms with Crippen molar-refractivity contribution in [3.05, 3.63) is 54.6 Å². The summed E-state index contributed by atoms with van der Waals surface area (Å²) in [5.74, 6) is -1.02. The molecule has 1 atom stereocenters. The van der Waals surface area contributed by atoms with Crippen LogP contribution in [0.25, 0.3) is 0 Å². The standard InChI is InChI=1S/C20H24N2O7S.ClH/c23-19(21-25)20(24,14-22-10-12-28-13-11-22)15-30(26,27)18-8-6-17(7-9-18)29-16-4-2-1-3-5-16;/h1-9,24-25H,10-15H2,(H,21,23);1H. The number of hydrogen-bond acceptors (Lipinski definition) is 8. The highest BCUT2D eigenvalue weighted by molar-refractivity contribution is 7.91. The van der Waals surface area contributed by atoms with Crippen LogP contribution in [0.2, 0.25) is 0 Å². The minimum absolute atomic E-state index is 0. The van der Waals surface area contributed by atoms with Crippen LogP contribution < -0.4 is 10.2 Å². The van der Waals surface area contributed by atoms with Gasteiger partial charge in [-0.25, -0.2) is 13.9 Å². The second kappa shape index (κ2) is 10.9. The highest BCUT2D eigenvalue weighted by atomic mass is 35.5. The minimum Gasteiger partial charge on any atom is -0.457 e. The first-order valence-corrected chi connectivity index (χ1v) is 11.0. The molecule has 1 aliphatic rings. The molecule has 1 heterocycles. The van der Waals surface area contributed by atoms with Crippen molar-refractivity contribution in [3.8, 4) is 11.5 Å². The number of halogens is 1. The third kappa shape index (κ3) is 6.63. The molecule has 2 aromatic rings. The molecule has 170 valence electrons. The van der Waals surface area contributed by atoms with E-state index in [9.17, 15) is 18.3 Å². The van der Waals surface area contributed by atoms with Gasteiger partial charge in [-0.1, -0.05) is 18.2 Å². The van der Waals surface area contributed by atoms with Crippen molar-refractivity contribution in [1.82, 2.24) is 10.4 Å². The maximum atomic E-state index is 12.9. The summed E-state index contributed by atoms with van der Waals surface area (Å²) >= 11 is 0. The first-order chi connectivity index (χ1) is 14.3. The zero-order valence-corrected chi connectivity index (χ0v) is 18.3. The Hall–Kier alpha value is -2.21. The molecule has 0 saturated carbocycles. The zero-order valence-electron chi connectivity index (χ0n) is 16.6. The SMILES string of the molecule is Cl.O=C(NO)C(O)(CN1CCOCC1)CS(=O)(=O)c1ccc(Oc2ccccc2)cc1. The summed E-state index contributed by atoms with van der Waals surface area (Å²) in [5.41, 5.74) is -0.955. The number of hydroxylamine groups is 1. The molecule has 2 aromatic carbocycles. The van der Waals surface area contributed by atoms with Gasteiger partial charge in [-0.05, 0) is 36.4 Å². The molecule has 1 amide bonds. The Morgan fingerprint density at radius 1 is 1.06 bits per heavy atom. The number of carbonyl (C=O) groups excluding carboxylic acids is 1. The van der Waals surface area contributed by atoms with E-state index in [2.05, 4.69) is 0 Å². The third-order valence-corrected chi connectivity index (χ3v) is 6.55. The van der Waals surface area contributed by atoms with E-state index in [0.717, 1.165) is 0 Å². The van der Waals surface area contributed by atoms with Gasteiger partial charge in [-0.3, -0.25) is 14.9 Å². The van der Waals surface area contributed by atoms with Crippen LogP contribution >= 0.6 is 12.4 Å². The number of rotatable bonds is 8. The van der Waals surface area contributed by atoms with Crippen molar-refractivity contribution in [2.45, 2.75) is 10.5 Å². The summed E-state index contributed by atoms with van der Waals surface area (Å²) in [6.45, 7) is 1.44. The largest absolute Gasteiger partial charge is 0.457 e. The topological polar surface area (TPSA) is 125 Å². The van der Waals surface area contributed by atoms with Gasteiger partial charge in [-0.15, -0.1) is 12.4 Å². The molecule has 3 rings (SSSR count). The number of nitrogens with one attached hydrogen (secondary N) is 1. The minimum atomic E-state index is -4.05. The Morgan fingerprint density at radius 3 is 2.23 bits per heavy atom. The summed E-state index contributed by atoms with van der Waals surface area (Å²) in [4.78, 5) is 13.8. The van der Waals surface area contributed by atoms with Crippen molar-refractivity contribution in [1.29, 1.82) is 0 Å². The number of amides is 1. The number of sulfone groups is 1. The first kappa shape index (κ1) is 25.1. The fourth-order valence-electron chi connectivity index (χ4n) is 3.15. The van der Waals surface area contributed by atoms with Crippen LogP contribution in [-0.2, 0) is 19.4 Å². The van der Waals surface area contributed by atoms with E-state index >= 15 is 0 Å². The van der Waals surface area contributed by atoms with Crippen molar-refractivity contribution >= 4 is 28.2 Å². The Labute approximate surface area is 186 Å². The Bertz CT molecular complexity index is 951. The average molecular weight is 473 g/mol. The summed E-state index contributed by atoms with van der Waals surface area (Å²) in [5, 5.41) is 19.8. The number of carbonyl (C=O) groups is 1. The van der Waals surface area contributed by atoms with Gasteiger partial charge in [0, 0.05) is 19.6 Å². The Balaban J connectivity index is 0.00000341. The summed E-state index contributed by atoms with van der Waals surface area (Å²) in [6.07, 6.45) is 0. The lowest BCUT2D eigenvalue weighted by molar-refractivity contribution is -0.149. The molecule has 0 aliphatic carbocycles. The van der Waals surface area contributed by atoms with Crippen molar-refractivity contribution in [2.75, 3.05) is 38.6 Å². The number of ether oxygens (including phenoxy) is 2. The molecule has 31 heavy (non-hydrogen) atoms. The summed E-state index contributed by atoms with van der Waals surface area (Å²) in [7, 11) is -4.05. The number of aliphatic hydroxyl groups is 1. The predicted molar refractivity (Wildman–Crippen MR) is 114 cm³/mol. The van der Waals surface area contributed by atoms with Crippen molar-refractivity contribution < 1.29 is 33.0 Å². The average Bonchev–Trinajstić information content (AvgIpc) is 2.74. The number of para-hydroxylation sites is 1. The van der Waals surface area contributed by atoms with E-state index in [1.54, 1.807) is 17.0 Å². The van der Waals surface area contributed by atoms with Crippen LogP contribution in [0.15, 0.2) is 59.5 Å². The van der Waals surface area contributed by atoms with Crippen LogP contribution in [0.1, 0.15) is 0 Å². The first-order valence-electron chi connectivity index (χ1n) is 9.35. The van der Waals surface area contributed by atoms with E-state index in [4.69, 9.17) is 14.7 Å². The maximum Gasteiger partial charge on any atom is 0.277 e. The lowest BCUT2D eigenvalue weighted by Crippen LogP contribution is -2.58. The van der Waals surface area contributed by atoms with Crippen LogP contribution in [0.5, 0.6) is 11.5 Å². The molecular formula is C20H25ClN2O7S. The van der Waals surface area contributed by atoms with Crippen molar-refractivity contribution in [3.63, 3.8) is 0 Å². The van der Waals surface area contributed by atoms with E-state index in [1.165, 1.54) is 29.7 Å². The normalized spacial score (nSPS) is 16.6. The second-order valence-electron chi connectivity index (χ2n) is 7.01. The van der Waals surface area contributed by atoms with E-state index < -0.39 is 27.1 Å². The zero-order chi connectivity index (χ0) is 21.6. The molecular weight excluding hydrogens is 448 g/mol. The summed E-state index contributed by atoms with van der Waals surface area (Å²) < 4.78 is 36.6. The van der Waals surface area contributed by atoms with Gasteiger partial charge in [0.2, 0.25) is 0 Å². The second-order valence-corrected chi connectivity index (χ2v) is 9.00. The smallest absolute Gasteiger partial charge is 0.277 e. The lowest BCUT2D eigenvalue weighted by atomic mass is 10.1. The highest BCUT2D eigenvalue weighted by Crippen LogP contribution is 2.25. The van der Waals surface area contributed by atoms with Crippen LogP contribution in [0.4, 0.5) is 0 Å². The molecule has 1 unspecified atom stereocenters. The molecule has 0 aromatic heterocycles. The number of β-amino-alcohol motifs (C(OH)–C–C–N with tert-alkyl or cyclic N) is 1. The van der Waals surface area contributed by atoms with Gasteiger partial charge in [0.1, 0.15) is 11.5 Å². The fourth-order valence-corrected chi connectivity index (χ4v) is 4.72.